The molecule has 4 heterocycles. The van der Waals surface area contributed by atoms with Crippen LogP contribution in [-0.2, 0) is 0 Å². The molecule has 232 valence electrons. The van der Waals surface area contributed by atoms with Gasteiger partial charge in [-0.15, -0.1) is 0 Å². The smallest absolute Gasteiger partial charge is 0.0972 e. The number of nitrogens with zero attached hydrogens (tertiary/aromatic N) is 4. The van der Waals surface area contributed by atoms with Crippen molar-refractivity contribution in [2.24, 2.45) is 0 Å². The van der Waals surface area contributed by atoms with Crippen molar-refractivity contribution in [3.8, 4) is 45.0 Å². The van der Waals surface area contributed by atoms with Crippen molar-refractivity contribution in [2.75, 3.05) is 0 Å². The Hall–Kier alpha value is -6.78. The minimum absolute atomic E-state index is 0.892. The SMILES string of the molecule is c1ccc(-c2ccc3ccc4ccc(-c5cc(-c6ccc7ccc8ccc(-c9ccccc9)nc8c7n6)c6ccccc6c5)nc4c3n2)cc1. The van der Waals surface area contributed by atoms with E-state index < -0.39 is 0 Å². The second-order valence-electron chi connectivity index (χ2n) is 12.7. The molecule has 0 saturated heterocycles. The van der Waals surface area contributed by atoms with Gasteiger partial charge in [0, 0.05) is 43.8 Å². The number of rotatable bonds is 4. The van der Waals surface area contributed by atoms with Crippen molar-refractivity contribution < 1.29 is 0 Å². The molecule has 0 aliphatic carbocycles. The molecule has 0 N–H and O–H groups in total. The average Bonchev–Trinajstić information content (AvgIpc) is 3.20. The van der Waals surface area contributed by atoms with E-state index in [0.717, 1.165) is 99.4 Å². The maximum Gasteiger partial charge on any atom is 0.0972 e. The van der Waals surface area contributed by atoms with E-state index in [1.54, 1.807) is 0 Å². The van der Waals surface area contributed by atoms with Gasteiger partial charge in [0.2, 0.25) is 0 Å². The number of hydrogen-bond acceptors (Lipinski definition) is 4. The van der Waals surface area contributed by atoms with Gasteiger partial charge >= 0.3 is 0 Å². The Bertz CT molecular complexity index is 2920. The first kappa shape index (κ1) is 28.3. The van der Waals surface area contributed by atoms with Gasteiger partial charge in [-0.05, 0) is 47.2 Å². The Morgan fingerprint density at radius 2 is 0.640 bits per heavy atom. The molecule has 0 unspecified atom stereocenters. The summed E-state index contributed by atoms with van der Waals surface area (Å²) in [5.74, 6) is 0. The van der Waals surface area contributed by atoms with Gasteiger partial charge < -0.3 is 0 Å². The van der Waals surface area contributed by atoms with Crippen molar-refractivity contribution in [1.82, 2.24) is 19.9 Å². The molecule has 50 heavy (non-hydrogen) atoms. The van der Waals surface area contributed by atoms with E-state index in [0.29, 0.717) is 0 Å². The van der Waals surface area contributed by atoms with Crippen LogP contribution in [0.15, 0.2) is 170 Å². The van der Waals surface area contributed by atoms with Crippen molar-refractivity contribution in [2.45, 2.75) is 0 Å². The zero-order valence-electron chi connectivity index (χ0n) is 27.0. The number of benzene rings is 6. The first-order valence-corrected chi connectivity index (χ1v) is 16.8. The van der Waals surface area contributed by atoms with Crippen LogP contribution in [0.3, 0.4) is 0 Å². The lowest BCUT2D eigenvalue weighted by molar-refractivity contribution is 1.36. The Morgan fingerprint density at radius 3 is 1.14 bits per heavy atom. The van der Waals surface area contributed by atoms with Gasteiger partial charge in [-0.25, -0.2) is 19.9 Å². The zero-order valence-corrected chi connectivity index (χ0v) is 27.0. The third kappa shape index (κ3) is 4.77. The van der Waals surface area contributed by atoms with E-state index in [1.807, 2.05) is 36.4 Å². The fourth-order valence-electron chi connectivity index (χ4n) is 7.06. The molecule has 0 saturated carbocycles. The van der Waals surface area contributed by atoms with Gasteiger partial charge in [0.05, 0.1) is 44.8 Å². The summed E-state index contributed by atoms with van der Waals surface area (Å²) in [7, 11) is 0. The third-order valence-electron chi connectivity index (χ3n) is 9.61. The molecule has 0 amide bonds. The van der Waals surface area contributed by atoms with Crippen LogP contribution in [0, 0.1) is 0 Å². The lowest BCUT2D eigenvalue weighted by atomic mass is 9.96. The van der Waals surface area contributed by atoms with Crippen LogP contribution >= 0.6 is 0 Å². The van der Waals surface area contributed by atoms with Crippen molar-refractivity contribution in [3.63, 3.8) is 0 Å². The largest absolute Gasteiger partial charge is 0.245 e. The molecule has 4 heteroatoms. The van der Waals surface area contributed by atoms with E-state index in [2.05, 4.69) is 133 Å². The average molecular weight is 637 g/mol. The van der Waals surface area contributed by atoms with E-state index in [9.17, 15) is 0 Å². The van der Waals surface area contributed by atoms with Crippen LogP contribution < -0.4 is 0 Å². The molecule has 0 spiro atoms. The number of fused-ring (bicyclic) bond motifs is 7. The molecule has 10 aromatic rings. The van der Waals surface area contributed by atoms with Crippen LogP contribution in [-0.4, -0.2) is 19.9 Å². The van der Waals surface area contributed by atoms with Crippen LogP contribution in [0.4, 0.5) is 0 Å². The number of aromatic nitrogens is 4. The van der Waals surface area contributed by atoms with Crippen molar-refractivity contribution in [3.05, 3.63) is 170 Å². The van der Waals surface area contributed by atoms with Gasteiger partial charge in [-0.1, -0.05) is 133 Å². The molecule has 0 atom stereocenters. The Balaban J connectivity index is 1.16. The second kappa shape index (κ2) is 11.4. The summed E-state index contributed by atoms with van der Waals surface area (Å²) in [4.78, 5) is 20.9. The molecule has 0 fully saturated rings. The lowest BCUT2D eigenvalue weighted by Crippen LogP contribution is -1.93. The van der Waals surface area contributed by atoms with E-state index >= 15 is 0 Å². The highest BCUT2D eigenvalue weighted by Gasteiger charge is 2.14. The van der Waals surface area contributed by atoms with Gasteiger partial charge in [0.1, 0.15) is 0 Å². The molecule has 0 aliphatic heterocycles. The molecule has 0 radical (unpaired) electrons. The monoisotopic (exact) mass is 636 g/mol. The molecule has 0 bridgehead atoms. The molecule has 4 nitrogen and oxygen atoms in total. The summed E-state index contributed by atoms with van der Waals surface area (Å²) in [6, 6.07) is 59.1. The minimum atomic E-state index is 0.892. The maximum atomic E-state index is 5.33. The van der Waals surface area contributed by atoms with Crippen LogP contribution in [0.25, 0.3) is 99.4 Å². The lowest BCUT2D eigenvalue weighted by Gasteiger charge is -2.13. The van der Waals surface area contributed by atoms with Crippen LogP contribution in [0.1, 0.15) is 0 Å². The van der Waals surface area contributed by atoms with Crippen LogP contribution in [0.2, 0.25) is 0 Å². The summed E-state index contributed by atoms with van der Waals surface area (Å²) in [6.45, 7) is 0. The second-order valence-corrected chi connectivity index (χ2v) is 12.7. The summed E-state index contributed by atoms with van der Waals surface area (Å²) >= 11 is 0. The van der Waals surface area contributed by atoms with Crippen molar-refractivity contribution >= 4 is 54.4 Å². The first-order chi connectivity index (χ1) is 24.7. The Kier molecular flexibility index (Phi) is 6.46. The maximum absolute atomic E-state index is 5.33. The Morgan fingerprint density at radius 1 is 0.260 bits per heavy atom. The summed E-state index contributed by atoms with van der Waals surface area (Å²) in [5, 5.41) is 6.53. The molecular weight excluding hydrogens is 609 g/mol. The van der Waals surface area contributed by atoms with Crippen molar-refractivity contribution in [1.29, 1.82) is 0 Å². The van der Waals surface area contributed by atoms with Gasteiger partial charge in [-0.3, -0.25) is 0 Å². The van der Waals surface area contributed by atoms with Gasteiger partial charge in [0.15, 0.2) is 0 Å². The minimum Gasteiger partial charge on any atom is -0.245 e. The molecule has 4 aromatic heterocycles. The van der Waals surface area contributed by atoms with Crippen LogP contribution in [0.5, 0.6) is 0 Å². The predicted octanol–water partition coefficient (Wildman–Crippen LogP) is 11.7. The highest BCUT2D eigenvalue weighted by molar-refractivity contribution is 6.07. The molecule has 10 rings (SSSR count). The molecule has 6 aromatic carbocycles. The normalized spacial score (nSPS) is 11.6. The summed E-state index contributed by atoms with van der Waals surface area (Å²) in [5.41, 5.74) is 11.5. The summed E-state index contributed by atoms with van der Waals surface area (Å²) < 4.78 is 0. The third-order valence-corrected chi connectivity index (χ3v) is 9.61. The first-order valence-electron chi connectivity index (χ1n) is 16.8. The Labute approximate surface area is 288 Å². The highest BCUT2D eigenvalue weighted by atomic mass is 14.8. The van der Waals surface area contributed by atoms with Gasteiger partial charge in [0.25, 0.3) is 0 Å². The number of pyridine rings is 4. The fourth-order valence-corrected chi connectivity index (χ4v) is 7.06. The van der Waals surface area contributed by atoms with Gasteiger partial charge in [-0.2, -0.15) is 0 Å². The molecule has 0 aliphatic rings. The van der Waals surface area contributed by atoms with E-state index in [1.165, 1.54) is 0 Å². The summed E-state index contributed by atoms with van der Waals surface area (Å²) in [6.07, 6.45) is 0. The predicted molar refractivity (Wildman–Crippen MR) is 207 cm³/mol. The molecular formula is C46H28N4. The topological polar surface area (TPSA) is 51.6 Å². The van der Waals surface area contributed by atoms with E-state index in [4.69, 9.17) is 19.9 Å². The number of hydrogen-bond donors (Lipinski definition) is 0. The highest BCUT2D eigenvalue weighted by Crippen LogP contribution is 2.36. The fraction of sp³-hybridized carbons (Fsp3) is 0. The standard InChI is InChI=1S/C46H28N4/c1-3-9-29(10-4-1)39-23-19-31-15-16-33-21-25-41(49-44(33)43(31)47-39)36-27-35-13-7-8-14-37(35)38(28-36)42-26-22-34-18-17-32-20-24-40(30-11-5-2-6-12-30)48-45(32)46(34)50-42/h1-28H. The zero-order chi connectivity index (χ0) is 33.0. The quantitative estimate of drug-likeness (QED) is 0.180. The van der Waals surface area contributed by atoms with E-state index in [-0.39, 0.29) is 0 Å².